The summed E-state index contributed by atoms with van der Waals surface area (Å²) < 4.78 is 5.64. The van der Waals surface area contributed by atoms with Crippen LogP contribution in [0.4, 0.5) is 5.69 Å². The Morgan fingerprint density at radius 2 is 1.79 bits per heavy atom. The monoisotopic (exact) mass is 315 g/mol. The van der Waals surface area contributed by atoms with Gasteiger partial charge >= 0.3 is 0 Å². The molecule has 1 heterocycles. The van der Waals surface area contributed by atoms with Crippen molar-refractivity contribution in [2.45, 2.75) is 13.3 Å². The molecular weight excluding hydrogens is 298 g/mol. The van der Waals surface area contributed by atoms with Crippen molar-refractivity contribution in [1.29, 1.82) is 0 Å². The van der Waals surface area contributed by atoms with Crippen LogP contribution in [-0.2, 0) is 11.2 Å². The van der Waals surface area contributed by atoms with Crippen molar-refractivity contribution in [3.05, 3.63) is 78.1 Å². The second-order valence-electron chi connectivity index (χ2n) is 6.01. The van der Waals surface area contributed by atoms with E-state index in [4.69, 9.17) is 4.42 Å². The highest BCUT2D eigenvalue weighted by atomic mass is 16.3. The molecule has 0 aliphatic heterocycles. The van der Waals surface area contributed by atoms with Crippen molar-refractivity contribution >= 4 is 33.3 Å². The van der Waals surface area contributed by atoms with E-state index in [2.05, 4.69) is 17.4 Å². The number of aryl methyl sites for hydroxylation is 1. The molecule has 0 aliphatic rings. The van der Waals surface area contributed by atoms with E-state index in [0.717, 1.165) is 33.0 Å². The summed E-state index contributed by atoms with van der Waals surface area (Å²) in [5.41, 5.74) is 3.70. The van der Waals surface area contributed by atoms with E-state index in [1.54, 1.807) is 6.26 Å². The summed E-state index contributed by atoms with van der Waals surface area (Å²) in [6.07, 6.45) is 1.97. The Morgan fingerprint density at radius 1 is 1.00 bits per heavy atom. The standard InChI is InChI=1S/C21H17NO2/c1-14-6-9-17(10-7-14)22-20(23)12-16-13-24-19-11-8-15-4-2-3-5-18(15)21(16)19/h2-11,13H,12H2,1H3,(H,22,23). The van der Waals surface area contributed by atoms with E-state index in [1.807, 2.05) is 55.5 Å². The Bertz CT molecular complexity index is 1030. The Hall–Kier alpha value is -3.07. The summed E-state index contributed by atoms with van der Waals surface area (Å²) in [5, 5.41) is 6.22. The van der Waals surface area contributed by atoms with Gasteiger partial charge in [0.15, 0.2) is 0 Å². The average molecular weight is 315 g/mol. The third-order valence-corrected chi connectivity index (χ3v) is 4.23. The van der Waals surface area contributed by atoms with Crippen LogP contribution in [0.25, 0.3) is 21.7 Å². The Labute approximate surface area is 139 Å². The molecule has 0 spiro atoms. The van der Waals surface area contributed by atoms with Crippen molar-refractivity contribution in [1.82, 2.24) is 0 Å². The molecule has 1 aromatic heterocycles. The number of carbonyl (C=O) groups is 1. The van der Waals surface area contributed by atoms with Gasteiger partial charge in [0.2, 0.25) is 5.91 Å². The largest absolute Gasteiger partial charge is 0.464 e. The first kappa shape index (κ1) is 14.5. The van der Waals surface area contributed by atoms with Crippen molar-refractivity contribution in [3.8, 4) is 0 Å². The molecule has 0 saturated carbocycles. The summed E-state index contributed by atoms with van der Waals surface area (Å²) >= 11 is 0. The SMILES string of the molecule is Cc1ccc(NC(=O)Cc2coc3ccc4ccccc4c23)cc1. The minimum atomic E-state index is -0.0468. The zero-order chi connectivity index (χ0) is 16.5. The van der Waals surface area contributed by atoms with E-state index in [1.165, 1.54) is 5.56 Å². The molecule has 0 saturated heterocycles. The molecular formula is C21H17NO2. The van der Waals surface area contributed by atoms with E-state index < -0.39 is 0 Å². The first-order valence-corrected chi connectivity index (χ1v) is 7.95. The zero-order valence-electron chi connectivity index (χ0n) is 13.4. The lowest BCUT2D eigenvalue weighted by molar-refractivity contribution is -0.115. The van der Waals surface area contributed by atoms with Crippen LogP contribution in [0.15, 0.2) is 71.3 Å². The van der Waals surface area contributed by atoms with Crippen LogP contribution in [0.2, 0.25) is 0 Å². The molecule has 3 heteroatoms. The summed E-state index contributed by atoms with van der Waals surface area (Å²) in [4.78, 5) is 12.4. The maximum Gasteiger partial charge on any atom is 0.228 e. The first-order chi connectivity index (χ1) is 11.7. The quantitative estimate of drug-likeness (QED) is 0.573. The third kappa shape index (κ3) is 2.65. The molecule has 118 valence electrons. The van der Waals surface area contributed by atoms with Gasteiger partial charge in [-0.25, -0.2) is 0 Å². The van der Waals surface area contributed by atoms with Gasteiger partial charge in [0.1, 0.15) is 5.58 Å². The molecule has 1 N–H and O–H groups in total. The molecule has 0 aliphatic carbocycles. The Morgan fingerprint density at radius 3 is 2.62 bits per heavy atom. The summed E-state index contributed by atoms with van der Waals surface area (Å²) in [6, 6.07) is 19.9. The van der Waals surface area contributed by atoms with Gasteiger partial charge in [-0.2, -0.15) is 0 Å². The van der Waals surface area contributed by atoms with Gasteiger partial charge in [-0.3, -0.25) is 4.79 Å². The van der Waals surface area contributed by atoms with Crippen LogP contribution in [0, 0.1) is 6.92 Å². The predicted molar refractivity (Wildman–Crippen MR) is 97.2 cm³/mol. The van der Waals surface area contributed by atoms with Gasteiger partial charge in [-0.05, 0) is 35.9 Å². The van der Waals surface area contributed by atoms with E-state index in [9.17, 15) is 4.79 Å². The van der Waals surface area contributed by atoms with Crippen molar-refractivity contribution in [2.24, 2.45) is 0 Å². The van der Waals surface area contributed by atoms with Crippen molar-refractivity contribution in [2.75, 3.05) is 5.32 Å². The highest BCUT2D eigenvalue weighted by molar-refractivity contribution is 6.09. The maximum atomic E-state index is 12.4. The Kier molecular flexibility index (Phi) is 3.54. The molecule has 4 rings (SSSR count). The van der Waals surface area contributed by atoms with Crippen molar-refractivity contribution in [3.63, 3.8) is 0 Å². The Balaban J connectivity index is 1.65. The fourth-order valence-electron chi connectivity index (χ4n) is 3.02. The molecule has 0 bridgehead atoms. The van der Waals surface area contributed by atoms with Crippen LogP contribution in [-0.4, -0.2) is 5.91 Å². The van der Waals surface area contributed by atoms with Crippen LogP contribution < -0.4 is 5.32 Å². The number of hydrogen-bond donors (Lipinski definition) is 1. The molecule has 0 fully saturated rings. The fourth-order valence-corrected chi connectivity index (χ4v) is 3.02. The van der Waals surface area contributed by atoms with Gasteiger partial charge < -0.3 is 9.73 Å². The predicted octanol–water partition coefficient (Wildman–Crippen LogP) is 5.08. The summed E-state index contributed by atoms with van der Waals surface area (Å²) in [5.74, 6) is -0.0468. The lowest BCUT2D eigenvalue weighted by Gasteiger charge is -2.06. The zero-order valence-corrected chi connectivity index (χ0v) is 13.4. The summed E-state index contributed by atoms with van der Waals surface area (Å²) in [6.45, 7) is 2.02. The molecule has 0 radical (unpaired) electrons. The van der Waals surface area contributed by atoms with E-state index >= 15 is 0 Å². The number of benzene rings is 3. The third-order valence-electron chi connectivity index (χ3n) is 4.23. The number of furan rings is 1. The van der Waals surface area contributed by atoms with Crippen LogP contribution in [0.5, 0.6) is 0 Å². The highest BCUT2D eigenvalue weighted by Gasteiger charge is 2.13. The minimum absolute atomic E-state index is 0.0468. The van der Waals surface area contributed by atoms with Crippen molar-refractivity contribution < 1.29 is 9.21 Å². The molecule has 0 unspecified atom stereocenters. The van der Waals surface area contributed by atoms with Crippen LogP contribution in [0.3, 0.4) is 0 Å². The number of carbonyl (C=O) groups excluding carboxylic acids is 1. The number of rotatable bonds is 3. The van der Waals surface area contributed by atoms with Gasteiger partial charge in [0, 0.05) is 16.6 Å². The number of nitrogens with one attached hydrogen (secondary N) is 1. The smallest absolute Gasteiger partial charge is 0.228 e. The minimum Gasteiger partial charge on any atom is -0.464 e. The van der Waals surface area contributed by atoms with Gasteiger partial charge in [0.25, 0.3) is 0 Å². The molecule has 1 amide bonds. The van der Waals surface area contributed by atoms with Crippen LogP contribution in [0.1, 0.15) is 11.1 Å². The van der Waals surface area contributed by atoms with Crippen LogP contribution >= 0.6 is 0 Å². The topological polar surface area (TPSA) is 42.2 Å². The fraction of sp³-hybridized carbons (Fsp3) is 0.0952. The van der Waals surface area contributed by atoms with Gasteiger partial charge in [0.05, 0.1) is 12.7 Å². The highest BCUT2D eigenvalue weighted by Crippen LogP contribution is 2.30. The molecule has 0 atom stereocenters. The average Bonchev–Trinajstić information content (AvgIpc) is 3.00. The number of hydrogen-bond acceptors (Lipinski definition) is 2. The van der Waals surface area contributed by atoms with Gasteiger partial charge in [-0.1, -0.05) is 48.0 Å². The summed E-state index contributed by atoms with van der Waals surface area (Å²) in [7, 11) is 0. The number of anilines is 1. The second-order valence-corrected chi connectivity index (χ2v) is 6.01. The number of amides is 1. The number of fused-ring (bicyclic) bond motifs is 3. The molecule has 3 nitrogen and oxygen atoms in total. The first-order valence-electron chi connectivity index (χ1n) is 7.95. The second kappa shape index (κ2) is 5.85. The lowest BCUT2D eigenvalue weighted by atomic mass is 10.0. The molecule has 4 aromatic rings. The lowest BCUT2D eigenvalue weighted by Crippen LogP contribution is -2.14. The van der Waals surface area contributed by atoms with E-state index in [-0.39, 0.29) is 12.3 Å². The molecule has 3 aromatic carbocycles. The van der Waals surface area contributed by atoms with E-state index in [0.29, 0.717) is 0 Å². The normalized spacial score (nSPS) is 11.0. The maximum absolute atomic E-state index is 12.4. The van der Waals surface area contributed by atoms with Gasteiger partial charge in [-0.15, -0.1) is 0 Å². The molecule has 24 heavy (non-hydrogen) atoms.